The number of benzene rings is 2. The molecule has 1 saturated heterocycles. The molecule has 2 aliphatic heterocycles. The quantitative estimate of drug-likeness (QED) is 0.254. The summed E-state index contributed by atoms with van der Waals surface area (Å²) in [5, 5.41) is 24.3. The highest BCUT2D eigenvalue weighted by Gasteiger charge is 2.50. The number of rotatable bonds is 10. The lowest BCUT2D eigenvalue weighted by atomic mass is 9.95. The Balaban J connectivity index is 1.32. The van der Waals surface area contributed by atoms with E-state index >= 15 is 0 Å². The van der Waals surface area contributed by atoms with E-state index in [0.717, 1.165) is 28.6 Å². The summed E-state index contributed by atoms with van der Waals surface area (Å²) in [5.74, 6) is -0.278. The number of nitrogens with zero attached hydrogens (tertiary/aromatic N) is 3. The van der Waals surface area contributed by atoms with Gasteiger partial charge in [0.1, 0.15) is 18.1 Å². The molecule has 0 radical (unpaired) electrons. The van der Waals surface area contributed by atoms with Crippen molar-refractivity contribution in [3.63, 3.8) is 0 Å². The third kappa shape index (κ3) is 6.90. The molecule has 1 fully saturated rings. The lowest BCUT2D eigenvalue weighted by molar-refractivity contribution is -0.148. The van der Waals surface area contributed by atoms with Gasteiger partial charge in [-0.25, -0.2) is 4.98 Å². The Labute approximate surface area is 252 Å². The van der Waals surface area contributed by atoms with E-state index in [1.807, 2.05) is 68.4 Å². The number of aromatic amines is 1. The second kappa shape index (κ2) is 13.2. The Morgan fingerprint density at radius 2 is 1.95 bits per heavy atom. The van der Waals surface area contributed by atoms with Gasteiger partial charge >= 0.3 is 0 Å². The van der Waals surface area contributed by atoms with Crippen molar-refractivity contribution in [2.24, 2.45) is 0 Å². The maximum absolute atomic E-state index is 13.9. The summed E-state index contributed by atoms with van der Waals surface area (Å²) < 4.78 is 5.14. The molecule has 0 unspecified atom stereocenters. The van der Waals surface area contributed by atoms with Crippen LogP contribution in [0.4, 0.5) is 0 Å². The molecule has 0 aliphatic carbocycles. The number of carbonyl (C=O) groups excluding carboxylic acids is 3. The Kier molecular flexibility index (Phi) is 9.39. The third-order valence-corrected chi connectivity index (χ3v) is 9.62. The average molecular weight is 611 g/mol. The fourth-order valence-corrected chi connectivity index (χ4v) is 6.98. The van der Waals surface area contributed by atoms with Gasteiger partial charge in [-0.15, -0.1) is 11.8 Å². The highest BCUT2D eigenvalue weighted by Crippen LogP contribution is 2.41. The minimum Gasteiger partial charge on any atom is -0.493 e. The van der Waals surface area contributed by atoms with Crippen LogP contribution in [0.25, 0.3) is 0 Å². The van der Waals surface area contributed by atoms with Gasteiger partial charge in [0, 0.05) is 16.7 Å². The van der Waals surface area contributed by atoms with Crippen LogP contribution in [-0.2, 0) is 20.8 Å². The van der Waals surface area contributed by atoms with Crippen LogP contribution < -0.4 is 15.4 Å². The van der Waals surface area contributed by atoms with Crippen molar-refractivity contribution >= 4 is 41.2 Å². The molecular weight excluding hydrogens is 576 g/mol. The van der Waals surface area contributed by atoms with E-state index in [9.17, 15) is 19.5 Å². The number of aliphatic hydroxyl groups excluding tert-OH is 1. The number of para-hydroxylation sites is 1. The first kappa shape index (κ1) is 29.9. The highest BCUT2D eigenvalue weighted by molar-refractivity contribution is 8.01. The molecule has 2 aliphatic rings. The molecular formula is C29H34N6O5S2. The van der Waals surface area contributed by atoms with E-state index in [-0.39, 0.29) is 35.9 Å². The van der Waals surface area contributed by atoms with E-state index in [1.54, 1.807) is 0 Å². The summed E-state index contributed by atoms with van der Waals surface area (Å²) in [7, 11) is 0. The molecule has 13 heteroatoms. The standard InChI is InChI=1S/C29H34N6O5S2/c1-29(2)25(26(38)33-20-12-13-40-22-11-7-6-10-19(20)22)35(17-42-29)27(39)24(37)21(14-18-8-4-3-5-9-18)32-23(36)15-41-28-30-16-31-34-28/h3-11,16,20-21,24-25,37H,12-15,17H2,1-2H3,(H,32,36)(H,33,38)(H,30,31,34)/t20-,21-,24-,25-/m0/s1. The van der Waals surface area contributed by atoms with Gasteiger partial charge in [-0.3, -0.25) is 19.5 Å². The van der Waals surface area contributed by atoms with Gasteiger partial charge in [0.2, 0.25) is 11.8 Å². The largest absolute Gasteiger partial charge is 0.493 e. The first-order chi connectivity index (χ1) is 20.2. The van der Waals surface area contributed by atoms with Gasteiger partial charge in [0.15, 0.2) is 11.3 Å². The molecule has 4 N–H and O–H groups in total. The molecule has 3 heterocycles. The Morgan fingerprint density at radius 3 is 2.71 bits per heavy atom. The molecule has 2 aromatic carbocycles. The van der Waals surface area contributed by atoms with Crippen LogP contribution in [0.1, 0.15) is 37.4 Å². The maximum atomic E-state index is 13.9. The Hall–Kier alpha value is -3.55. The first-order valence-electron chi connectivity index (χ1n) is 13.7. The first-order valence-corrected chi connectivity index (χ1v) is 15.7. The van der Waals surface area contributed by atoms with Crippen LogP contribution in [-0.4, -0.2) is 84.1 Å². The topological polar surface area (TPSA) is 150 Å². The lowest BCUT2D eigenvalue weighted by Gasteiger charge is -2.35. The predicted molar refractivity (Wildman–Crippen MR) is 160 cm³/mol. The average Bonchev–Trinajstić information content (AvgIpc) is 3.63. The molecule has 3 aromatic rings. The minimum absolute atomic E-state index is 0.0194. The Bertz CT molecular complexity index is 1390. The summed E-state index contributed by atoms with van der Waals surface area (Å²) in [6.07, 6.45) is 0.616. The fourth-order valence-electron chi connectivity index (χ4n) is 5.25. The number of hydrogen-bond donors (Lipinski definition) is 4. The molecule has 4 atom stereocenters. The third-order valence-electron chi connectivity index (χ3n) is 7.36. The number of ether oxygens (including phenoxy) is 1. The van der Waals surface area contributed by atoms with Crippen molar-refractivity contribution in [1.82, 2.24) is 30.7 Å². The smallest absolute Gasteiger partial charge is 0.254 e. The summed E-state index contributed by atoms with van der Waals surface area (Å²) in [4.78, 5) is 46.0. The number of fused-ring (bicyclic) bond motifs is 1. The van der Waals surface area contributed by atoms with E-state index in [4.69, 9.17) is 4.74 Å². The molecule has 0 saturated carbocycles. The number of carbonyl (C=O) groups is 3. The van der Waals surface area contributed by atoms with E-state index in [2.05, 4.69) is 25.8 Å². The van der Waals surface area contributed by atoms with E-state index in [1.165, 1.54) is 23.0 Å². The van der Waals surface area contributed by atoms with E-state index < -0.39 is 28.8 Å². The number of aliphatic hydroxyl groups is 1. The summed E-state index contributed by atoms with van der Waals surface area (Å²) in [6.45, 7) is 4.31. The van der Waals surface area contributed by atoms with Gasteiger partial charge < -0.3 is 25.4 Å². The zero-order chi connectivity index (χ0) is 29.7. The predicted octanol–water partition coefficient (Wildman–Crippen LogP) is 2.31. The van der Waals surface area contributed by atoms with Crippen molar-refractivity contribution < 1.29 is 24.2 Å². The van der Waals surface area contributed by atoms with Crippen LogP contribution in [0.5, 0.6) is 5.75 Å². The molecule has 5 rings (SSSR count). The van der Waals surface area contributed by atoms with Gasteiger partial charge in [0.25, 0.3) is 5.91 Å². The molecule has 3 amide bonds. The highest BCUT2D eigenvalue weighted by atomic mass is 32.2. The van der Waals surface area contributed by atoms with Gasteiger partial charge in [-0.05, 0) is 31.9 Å². The summed E-state index contributed by atoms with van der Waals surface area (Å²) >= 11 is 2.64. The number of thioether (sulfide) groups is 2. The SMILES string of the molecule is CC1(C)SCN(C(=O)[C@@H](O)[C@H](Cc2ccccc2)NC(=O)CSc2ncn[nH]2)[C@H]1C(=O)N[C@H]1CCOc2ccccc21. The number of amides is 3. The second-order valence-corrected chi connectivity index (χ2v) is 13.3. The molecule has 0 spiro atoms. The van der Waals surface area contributed by atoms with Crippen molar-refractivity contribution in [3.8, 4) is 5.75 Å². The lowest BCUT2D eigenvalue weighted by Crippen LogP contribution is -2.59. The Morgan fingerprint density at radius 1 is 1.19 bits per heavy atom. The van der Waals surface area contributed by atoms with Gasteiger partial charge in [-0.1, -0.05) is 60.3 Å². The van der Waals surface area contributed by atoms with Gasteiger partial charge in [-0.2, -0.15) is 5.10 Å². The summed E-state index contributed by atoms with van der Waals surface area (Å²) in [5.41, 5.74) is 1.74. The van der Waals surface area contributed by atoms with Crippen LogP contribution in [0.3, 0.4) is 0 Å². The number of hydrogen-bond acceptors (Lipinski definition) is 9. The number of aromatic nitrogens is 3. The summed E-state index contributed by atoms with van der Waals surface area (Å²) in [6, 6.07) is 14.9. The van der Waals surface area contributed by atoms with Crippen molar-refractivity contribution in [1.29, 1.82) is 0 Å². The zero-order valence-electron chi connectivity index (χ0n) is 23.4. The number of H-pyrrole nitrogens is 1. The van der Waals surface area contributed by atoms with Crippen molar-refractivity contribution in [2.75, 3.05) is 18.2 Å². The monoisotopic (exact) mass is 610 g/mol. The van der Waals surface area contributed by atoms with Crippen molar-refractivity contribution in [3.05, 3.63) is 72.1 Å². The molecule has 1 aromatic heterocycles. The van der Waals surface area contributed by atoms with Crippen LogP contribution in [0, 0.1) is 0 Å². The zero-order valence-corrected chi connectivity index (χ0v) is 25.0. The number of nitrogens with one attached hydrogen (secondary N) is 3. The van der Waals surface area contributed by atoms with Crippen LogP contribution >= 0.6 is 23.5 Å². The molecule has 42 heavy (non-hydrogen) atoms. The van der Waals surface area contributed by atoms with E-state index in [0.29, 0.717) is 18.2 Å². The van der Waals surface area contributed by atoms with Gasteiger partial charge in [0.05, 0.1) is 30.3 Å². The minimum atomic E-state index is -1.57. The van der Waals surface area contributed by atoms with Crippen molar-refractivity contribution in [2.45, 2.75) is 60.8 Å². The van der Waals surface area contributed by atoms with Crippen LogP contribution in [0.15, 0.2) is 66.1 Å². The molecule has 222 valence electrons. The van der Waals surface area contributed by atoms with Crippen LogP contribution in [0.2, 0.25) is 0 Å². The normalized spacial score (nSPS) is 20.6. The fraction of sp³-hybridized carbons (Fsp3) is 0.414. The maximum Gasteiger partial charge on any atom is 0.254 e. The molecule has 11 nitrogen and oxygen atoms in total. The molecule has 0 bridgehead atoms. The second-order valence-electron chi connectivity index (χ2n) is 10.7.